The van der Waals surface area contributed by atoms with E-state index < -0.39 is 0 Å². The van der Waals surface area contributed by atoms with Gasteiger partial charge >= 0.3 is 0 Å². The third kappa shape index (κ3) is 3.96. The number of carbonyl (C=O) groups is 2. The Morgan fingerprint density at radius 2 is 1.70 bits per heavy atom. The van der Waals surface area contributed by atoms with Gasteiger partial charge in [-0.1, -0.05) is 47.5 Å². The van der Waals surface area contributed by atoms with Crippen molar-refractivity contribution in [2.24, 2.45) is 0 Å². The van der Waals surface area contributed by atoms with Crippen LogP contribution in [0.3, 0.4) is 0 Å². The summed E-state index contributed by atoms with van der Waals surface area (Å²) in [4.78, 5) is 27.2. The lowest BCUT2D eigenvalue weighted by Crippen LogP contribution is -2.49. The van der Waals surface area contributed by atoms with Gasteiger partial charge in [0.2, 0.25) is 5.91 Å². The van der Waals surface area contributed by atoms with Gasteiger partial charge in [0.1, 0.15) is 12.6 Å². The Kier molecular flexibility index (Phi) is 5.35. The summed E-state index contributed by atoms with van der Waals surface area (Å²) in [6.45, 7) is 8.06. The van der Waals surface area contributed by atoms with Crippen LogP contribution in [0.5, 0.6) is 0 Å². The summed E-state index contributed by atoms with van der Waals surface area (Å²) in [5.74, 6) is -0.260. The summed E-state index contributed by atoms with van der Waals surface area (Å²) >= 11 is 0. The van der Waals surface area contributed by atoms with Gasteiger partial charge in [0, 0.05) is 18.1 Å². The van der Waals surface area contributed by atoms with Crippen LogP contribution in [0.2, 0.25) is 0 Å². The Morgan fingerprint density at radius 1 is 1.03 bits per heavy atom. The zero-order chi connectivity index (χ0) is 21.4. The van der Waals surface area contributed by atoms with Crippen molar-refractivity contribution in [1.29, 1.82) is 0 Å². The van der Waals surface area contributed by atoms with Gasteiger partial charge in [-0.15, -0.1) is 0 Å². The van der Waals surface area contributed by atoms with Gasteiger partial charge in [0.15, 0.2) is 0 Å². The molecule has 4 rings (SSSR count). The highest BCUT2D eigenvalue weighted by Crippen LogP contribution is 2.31. The molecule has 0 saturated carbocycles. The standard InChI is InChI=1S/C24H28N4O2/c1-15-5-7-19(8-6-15)20-13-21-24(30)27(9-10-28(21)26-20)14-22(29)25-23-17(3)11-16(2)12-18(23)4/h5-12,20-21,26H,13-14H2,1-4H3,(H,25,29). The van der Waals surface area contributed by atoms with E-state index >= 15 is 0 Å². The largest absolute Gasteiger partial charge is 0.324 e. The van der Waals surface area contributed by atoms with Gasteiger partial charge in [-0.05, 0) is 50.8 Å². The molecule has 0 spiro atoms. The maximum Gasteiger partial charge on any atom is 0.251 e. The minimum absolute atomic E-state index is 0.00162. The molecule has 2 heterocycles. The zero-order valence-electron chi connectivity index (χ0n) is 17.9. The lowest BCUT2D eigenvalue weighted by molar-refractivity contribution is -0.137. The van der Waals surface area contributed by atoms with Crippen molar-refractivity contribution in [3.05, 3.63) is 76.6 Å². The highest BCUT2D eigenvalue weighted by Gasteiger charge is 2.40. The van der Waals surface area contributed by atoms with Crippen LogP contribution < -0.4 is 10.7 Å². The molecule has 0 radical (unpaired) electrons. The van der Waals surface area contributed by atoms with Crippen LogP contribution in [0.1, 0.15) is 40.3 Å². The van der Waals surface area contributed by atoms with Crippen molar-refractivity contribution in [2.45, 2.75) is 46.2 Å². The second-order valence-corrected chi connectivity index (χ2v) is 8.34. The van der Waals surface area contributed by atoms with Gasteiger partial charge < -0.3 is 15.2 Å². The molecule has 1 fully saturated rings. The van der Waals surface area contributed by atoms with Gasteiger partial charge in [0.05, 0.1) is 6.04 Å². The van der Waals surface area contributed by atoms with Crippen LogP contribution in [0, 0.1) is 27.7 Å². The molecule has 2 unspecified atom stereocenters. The van der Waals surface area contributed by atoms with Gasteiger partial charge in [-0.2, -0.15) is 0 Å². The van der Waals surface area contributed by atoms with Crippen molar-refractivity contribution >= 4 is 17.5 Å². The van der Waals surface area contributed by atoms with Gasteiger partial charge in [-0.25, -0.2) is 5.43 Å². The predicted octanol–water partition coefficient (Wildman–Crippen LogP) is 3.49. The average Bonchev–Trinajstić information content (AvgIpc) is 3.12. The molecule has 30 heavy (non-hydrogen) atoms. The lowest BCUT2D eigenvalue weighted by Gasteiger charge is -2.31. The van der Waals surface area contributed by atoms with Crippen LogP contribution in [0.25, 0.3) is 0 Å². The molecule has 2 aliphatic rings. The molecule has 2 aromatic carbocycles. The fourth-order valence-electron chi connectivity index (χ4n) is 4.29. The van der Waals surface area contributed by atoms with E-state index in [-0.39, 0.29) is 30.4 Å². The summed E-state index contributed by atoms with van der Waals surface area (Å²) < 4.78 is 0. The highest BCUT2D eigenvalue weighted by atomic mass is 16.2. The predicted molar refractivity (Wildman–Crippen MR) is 117 cm³/mol. The lowest BCUT2D eigenvalue weighted by atomic mass is 10.00. The molecule has 6 nitrogen and oxygen atoms in total. The van der Waals surface area contributed by atoms with Gasteiger partial charge in [-0.3, -0.25) is 9.59 Å². The van der Waals surface area contributed by atoms with Crippen LogP contribution in [-0.4, -0.2) is 34.3 Å². The first-order valence-corrected chi connectivity index (χ1v) is 10.3. The Bertz CT molecular complexity index is 989. The number of nitrogens with one attached hydrogen (secondary N) is 2. The Hall–Kier alpha value is -3.12. The number of carbonyl (C=O) groups excluding carboxylic acids is 2. The maximum absolute atomic E-state index is 13.0. The molecule has 2 aliphatic heterocycles. The van der Waals surface area contributed by atoms with Crippen molar-refractivity contribution in [3.8, 4) is 0 Å². The average molecular weight is 405 g/mol. The number of amides is 2. The number of nitrogens with zero attached hydrogens (tertiary/aromatic N) is 2. The zero-order valence-corrected chi connectivity index (χ0v) is 17.9. The molecule has 2 atom stereocenters. The molecule has 0 aromatic heterocycles. The number of aryl methyl sites for hydroxylation is 4. The summed E-state index contributed by atoms with van der Waals surface area (Å²) in [6.07, 6.45) is 4.19. The summed E-state index contributed by atoms with van der Waals surface area (Å²) in [6, 6.07) is 12.2. The van der Waals surface area contributed by atoms with Crippen LogP contribution in [0.4, 0.5) is 5.69 Å². The van der Waals surface area contributed by atoms with Crippen molar-refractivity contribution in [2.75, 3.05) is 11.9 Å². The number of rotatable bonds is 4. The highest BCUT2D eigenvalue weighted by molar-refractivity contribution is 5.97. The first kappa shape index (κ1) is 20.2. The molecule has 2 N–H and O–H groups in total. The Balaban J connectivity index is 1.42. The fraction of sp³-hybridized carbons (Fsp3) is 0.333. The third-order valence-electron chi connectivity index (χ3n) is 5.81. The minimum Gasteiger partial charge on any atom is -0.324 e. The molecule has 0 bridgehead atoms. The number of hydrogen-bond donors (Lipinski definition) is 2. The van der Waals surface area contributed by atoms with E-state index in [9.17, 15) is 9.59 Å². The topological polar surface area (TPSA) is 64.7 Å². The monoisotopic (exact) mass is 404 g/mol. The quantitative estimate of drug-likeness (QED) is 0.819. The molecule has 2 amide bonds. The molecular weight excluding hydrogens is 376 g/mol. The fourth-order valence-corrected chi connectivity index (χ4v) is 4.29. The number of anilines is 1. The Morgan fingerprint density at radius 3 is 2.37 bits per heavy atom. The third-order valence-corrected chi connectivity index (χ3v) is 5.81. The number of fused-ring (bicyclic) bond motifs is 1. The van der Waals surface area contributed by atoms with E-state index in [4.69, 9.17) is 0 Å². The van der Waals surface area contributed by atoms with Crippen molar-refractivity contribution in [1.82, 2.24) is 15.3 Å². The van der Waals surface area contributed by atoms with Crippen molar-refractivity contribution in [3.63, 3.8) is 0 Å². The smallest absolute Gasteiger partial charge is 0.251 e. The van der Waals surface area contributed by atoms with Crippen LogP contribution in [0.15, 0.2) is 48.8 Å². The van der Waals surface area contributed by atoms with Gasteiger partial charge in [0.25, 0.3) is 5.91 Å². The molecule has 2 aromatic rings. The molecule has 156 valence electrons. The second kappa shape index (κ2) is 7.95. The van der Waals surface area contributed by atoms with E-state index in [0.29, 0.717) is 6.42 Å². The normalized spacial score (nSPS) is 20.5. The van der Waals surface area contributed by atoms with Crippen molar-refractivity contribution < 1.29 is 9.59 Å². The SMILES string of the molecule is Cc1ccc(C2CC3C(=O)N(CC(=O)Nc4c(C)cc(C)cc4C)C=CN3N2)cc1. The number of hydrazine groups is 1. The summed E-state index contributed by atoms with van der Waals surface area (Å²) in [5, 5.41) is 4.83. The van der Waals surface area contributed by atoms with E-state index in [0.717, 1.165) is 27.9 Å². The minimum atomic E-state index is -0.308. The Labute approximate surface area is 177 Å². The first-order chi connectivity index (χ1) is 14.3. The number of benzene rings is 2. The maximum atomic E-state index is 13.0. The van der Waals surface area contributed by atoms with Crippen LogP contribution in [-0.2, 0) is 9.59 Å². The van der Waals surface area contributed by atoms with E-state index in [1.807, 2.05) is 44.1 Å². The summed E-state index contributed by atoms with van der Waals surface area (Å²) in [7, 11) is 0. The molecule has 6 heteroatoms. The molecule has 1 saturated heterocycles. The molecular formula is C24H28N4O2. The van der Waals surface area contributed by atoms with E-state index in [1.165, 1.54) is 10.5 Å². The van der Waals surface area contributed by atoms with E-state index in [1.54, 1.807) is 6.20 Å². The number of hydrogen-bond acceptors (Lipinski definition) is 4. The molecule has 0 aliphatic carbocycles. The summed E-state index contributed by atoms with van der Waals surface area (Å²) in [5.41, 5.74) is 9.79. The second-order valence-electron chi connectivity index (χ2n) is 8.34. The first-order valence-electron chi connectivity index (χ1n) is 10.3. The van der Waals surface area contributed by atoms with Crippen LogP contribution >= 0.6 is 0 Å². The van der Waals surface area contributed by atoms with E-state index in [2.05, 4.69) is 41.9 Å².